The Bertz CT molecular complexity index is 1090. The number of anilines is 1. The Hall–Kier alpha value is -3.07. The van der Waals surface area contributed by atoms with E-state index in [0.717, 1.165) is 53.0 Å². The number of piperidine rings is 1. The smallest absolute Gasteiger partial charge is 0.224 e. The number of nitrogens with zero attached hydrogens (tertiary/aromatic N) is 4. The molecule has 1 fully saturated rings. The van der Waals surface area contributed by atoms with E-state index in [9.17, 15) is 4.79 Å². The number of amides is 1. The summed E-state index contributed by atoms with van der Waals surface area (Å²) in [5.74, 6) is 1.45. The lowest BCUT2D eigenvalue weighted by molar-refractivity contribution is -0.125. The van der Waals surface area contributed by atoms with Crippen LogP contribution in [0.1, 0.15) is 29.8 Å². The predicted molar refractivity (Wildman–Crippen MR) is 130 cm³/mol. The molecule has 176 valence electrons. The topological polar surface area (TPSA) is 81.5 Å². The Kier molecular flexibility index (Phi) is 7.17. The van der Waals surface area contributed by atoms with Crippen LogP contribution in [-0.2, 0) is 11.2 Å². The Morgan fingerprint density at radius 1 is 1.09 bits per heavy atom. The van der Waals surface area contributed by atoms with E-state index in [4.69, 9.17) is 9.47 Å². The Balaban J connectivity index is 1.33. The van der Waals surface area contributed by atoms with Gasteiger partial charge in [-0.1, -0.05) is 17.4 Å². The van der Waals surface area contributed by atoms with Gasteiger partial charge in [0, 0.05) is 31.0 Å². The zero-order valence-electron chi connectivity index (χ0n) is 19.6. The number of ether oxygens (including phenoxy) is 2. The van der Waals surface area contributed by atoms with Gasteiger partial charge >= 0.3 is 0 Å². The molecule has 2 aromatic heterocycles. The molecule has 1 N–H and O–H groups in total. The quantitative estimate of drug-likeness (QED) is 0.544. The van der Waals surface area contributed by atoms with E-state index >= 15 is 0 Å². The standard InChI is InChI=1S/C24H31N5O3S/c1-16-7-8-17(2)29(16)24-27-26-23(33-24)28-13-5-6-19(15-28)22(30)25-12-11-18-9-10-20(31-3)21(14-18)32-4/h7-10,14,19H,5-6,11-13,15H2,1-4H3,(H,25,30). The molecule has 3 aromatic rings. The number of aryl methyl sites for hydroxylation is 2. The molecule has 8 nitrogen and oxygen atoms in total. The predicted octanol–water partition coefficient (Wildman–Crippen LogP) is 3.54. The number of hydrogen-bond donors (Lipinski definition) is 1. The van der Waals surface area contributed by atoms with E-state index in [0.29, 0.717) is 24.6 Å². The summed E-state index contributed by atoms with van der Waals surface area (Å²) in [6, 6.07) is 10.0. The van der Waals surface area contributed by atoms with Crippen molar-refractivity contribution in [3.05, 3.63) is 47.3 Å². The van der Waals surface area contributed by atoms with Crippen LogP contribution in [0.2, 0.25) is 0 Å². The number of hydrogen-bond acceptors (Lipinski definition) is 7. The number of benzene rings is 1. The molecule has 1 atom stereocenters. The monoisotopic (exact) mass is 469 g/mol. The van der Waals surface area contributed by atoms with Crippen molar-refractivity contribution in [3.63, 3.8) is 0 Å². The van der Waals surface area contributed by atoms with E-state index < -0.39 is 0 Å². The van der Waals surface area contributed by atoms with E-state index in [1.165, 1.54) is 0 Å². The summed E-state index contributed by atoms with van der Waals surface area (Å²) < 4.78 is 12.8. The van der Waals surface area contributed by atoms with Gasteiger partial charge in [-0.25, -0.2) is 0 Å². The van der Waals surface area contributed by atoms with Crippen molar-refractivity contribution in [1.29, 1.82) is 0 Å². The second-order valence-corrected chi connectivity index (χ2v) is 9.27. The van der Waals surface area contributed by atoms with Gasteiger partial charge in [-0.05, 0) is 62.9 Å². The van der Waals surface area contributed by atoms with Gasteiger partial charge in [0.2, 0.25) is 16.2 Å². The van der Waals surface area contributed by atoms with Crippen LogP contribution in [-0.4, -0.2) is 54.5 Å². The van der Waals surface area contributed by atoms with Crippen molar-refractivity contribution in [2.45, 2.75) is 33.1 Å². The maximum absolute atomic E-state index is 12.9. The van der Waals surface area contributed by atoms with Gasteiger partial charge in [-0.2, -0.15) is 0 Å². The molecule has 0 bridgehead atoms. The lowest BCUT2D eigenvalue weighted by Crippen LogP contribution is -2.43. The Labute approximate surface area is 198 Å². The van der Waals surface area contributed by atoms with Crippen molar-refractivity contribution >= 4 is 22.4 Å². The molecule has 9 heteroatoms. The molecular formula is C24H31N5O3S. The molecule has 0 saturated carbocycles. The molecule has 0 aliphatic carbocycles. The summed E-state index contributed by atoms with van der Waals surface area (Å²) in [6.45, 7) is 6.28. The van der Waals surface area contributed by atoms with Crippen LogP contribution >= 0.6 is 11.3 Å². The van der Waals surface area contributed by atoms with E-state index in [2.05, 4.69) is 51.0 Å². The molecule has 1 aliphatic heterocycles. The summed E-state index contributed by atoms with van der Waals surface area (Å²) in [5.41, 5.74) is 3.37. The number of nitrogens with one attached hydrogen (secondary N) is 1. The summed E-state index contributed by atoms with van der Waals surface area (Å²) in [5, 5.41) is 13.7. The fourth-order valence-electron chi connectivity index (χ4n) is 4.27. The highest BCUT2D eigenvalue weighted by molar-refractivity contribution is 7.17. The Morgan fingerprint density at radius 3 is 2.55 bits per heavy atom. The minimum absolute atomic E-state index is 0.0495. The van der Waals surface area contributed by atoms with Crippen molar-refractivity contribution in [3.8, 4) is 16.6 Å². The van der Waals surface area contributed by atoms with Gasteiger partial charge in [0.25, 0.3) is 0 Å². The minimum atomic E-state index is -0.0495. The first kappa shape index (κ1) is 23.1. The van der Waals surface area contributed by atoms with Crippen LogP contribution in [0.5, 0.6) is 11.5 Å². The zero-order valence-corrected chi connectivity index (χ0v) is 20.4. The van der Waals surface area contributed by atoms with Gasteiger partial charge in [0.15, 0.2) is 11.5 Å². The highest BCUT2D eigenvalue weighted by Crippen LogP contribution is 2.30. The van der Waals surface area contributed by atoms with Gasteiger partial charge in [0.05, 0.1) is 20.1 Å². The third kappa shape index (κ3) is 5.13. The largest absolute Gasteiger partial charge is 0.493 e. The summed E-state index contributed by atoms with van der Waals surface area (Å²) in [4.78, 5) is 15.0. The van der Waals surface area contributed by atoms with Crippen LogP contribution in [0, 0.1) is 19.8 Å². The first-order chi connectivity index (χ1) is 16.0. The van der Waals surface area contributed by atoms with E-state index in [1.807, 2.05) is 18.2 Å². The number of carbonyl (C=O) groups excluding carboxylic acids is 1. The maximum atomic E-state index is 12.9. The first-order valence-corrected chi connectivity index (χ1v) is 12.0. The minimum Gasteiger partial charge on any atom is -0.493 e. The van der Waals surface area contributed by atoms with Gasteiger partial charge in [-0.3, -0.25) is 9.36 Å². The summed E-state index contributed by atoms with van der Waals surface area (Å²) in [6.07, 6.45) is 2.59. The third-order valence-electron chi connectivity index (χ3n) is 6.09. The second-order valence-electron chi connectivity index (χ2n) is 8.33. The zero-order chi connectivity index (χ0) is 23.4. The van der Waals surface area contributed by atoms with Crippen LogP contribution in [0.15, 0.2) is 30.3 Å². The second kappa shape index (κ2) is 10.2. The molecule has 1 amide bonds. The first-order valence-electron chi connectivity index (χ1n) is 11.2. The van der Waals surface area contributed by atoms with Crippen molar-refractivity contribution in [1.82, 2.24) is 20.1 Å². The van der Waals surface area contributed by atoms with Crippen LogP contribution in [0.4, 0.5) is 5.13 Å². The molecule has 3 heterocycles. The van der Waals surface area contributed by atoms with Crippen molar-refractivity contribution < 1.29 is 14.3 Å². The van der Waals surface area contributed by atoms with Crippen LogP contribution in [0.3, 0.4) is 0 Å². The lowest BCUT2D eigenvalue weighted by Gasteiger charge is -2.31. The lowest BCUT2D eigenvalue weighted by atomic mass is 9.97. The molecule has 0 spiro atoms. The fourth-order valence-corrected chi connectivity index (χ4v) is 5.27. The molecule has 1 saturated heterocycles. The normalized spacial score (nSPS) is 16.0. The van der Waals surface area contributed by atoms with Crippen molar-refractivity contribution in [2.24, 2.45) is 5.92 Å². The SMILES string of the molecule is COc1ccc(CCNC(=O)C2CCCN(c3nnc(-n4c(C)ccc4C)s3)C2)cc1OC. The van der Waals surface area contributed by atoms with Gasteiger partial charge in [-0.15, -0.1) is 10.2 Å². The number of aromatic nitrogens is 3. The molecule has 33 heavy (non-hydrogen) atoms. The average molecular weight is 470 g/mol. The van der Waals surface area contributed by atoms with Crippen LogP contribution < -0.4 is 19.7 Å². The Morgan fingerprint density at radius 2 is 1.82 bits per heavy atom. The van der Waals surface area contributed by atoms with E-state index in [-0.39, 0.29) is 11.8 Å². The molecule has 4 rings (SSSR count). The van der Waals surface area contributed by atoms with Crippen LogP contribution in [0.25, 0.3) is 5.13 Å². The summed E-state index contributed by atoms with van der Waals surface area (Å²) >= 11 is 1.57. The molecular weight excluding hydrogens is 438 g/mol. The maximum Gasteiger partial charge on any atom is 0.224 e. The summed E-state index contributed by atoms with van der Waals surface area (Å²) in [7, 11) is 3.25. The number of carbonyl (C=O) groups is 1. The van der Waals surface area contributed by atoms with Crippen molar-refractivity contribution in [2.75, 3.05) is 38.8 Å². The van der Waals surface area contributed by atoms with E-state index in [1.54, 1.807) is 25.6 Å². The number of methoxy groups -OCH3 is 2. The van der Waals surface area contributed by atoms with Gasteiger partial charge in [0.1, 0.15) is 0 Å². The average Bonchev–Trinajstić information content (AvgIpc) is 3.45. The highest BCUT2D eigenvalue weighted by Gasteiger charge is 2.27. The van der Waals surface area contributed by atoms with Gasteiger partial charge < -0.3 is 19.7 Å². The fraction of sp³-hybridized carbons (Fsp3) is 0.458. The molecule has 1 aliphatic rings. The molecule has 0 radical (unpaired) electrons. The molecule has 1 aromatic carbocycles. The molecule has 1 unspecified atom stereocenters. The highest BCUT2D eigenvalue weighted by atomic mass is 32.1. The number of rotatable bonds is 8. The third-order valence-corrected chi connectivity index (χ3v) is 7.06.